The largest absolute Gasteiger partial charge is 0.481 e. The third-order valence-corrected chi connectivity index (χ3v) is 3.70. The number of carboxylic acids is 3. The number of para-hydroxylation sites is 1. The number of benzene rings is 1. The third-order valence-electron chi connectivity index (χ3n) is 3.70. The van der Waals surface area contributed by atoms with Crippen LogP contribution in [0, 0.1) is 0 Å². The predicted molar refractivity (Wildman–Crippen MR) is 90.4 cm³/mol. The molecule has 0 fully saturated rings. The first-order valence-electron chi connectivity index (χ1n) is 7.69. The second-order valence-corrected chi connectivity index (χ2v) is 5.78. The van der Waals surface area contributed by atoms with Crippen LogP contribution in [0.15, 0.2) is 24.3 Å². The van der Waals surface area contributed by atoms with Gasteiger partial charge in [0.25, 0.3) is 0 Å². The second kappa shape index (κ2) is 8.92. The lowest BCUT2D eigenvalue weighted by Crippen LogP contribution is -2.65. The van der Waals surface area contributed by atoms with Crippen molar-refractivity contribution in [2.45, 2.75) is 37.4 Å². The van der Waals surface area contributed by atoms with E-state index in [9.17, 15) is 29.4 Å². The molecule has 8 N–H and O–H groups in total. The molecule has 26 heavy (non-hydrogen) atoms. The first kappa shape index (κ1) is 21.1. The van der Waals surface area contributed by atoms with E-state index in [-0.39, 0.29) is 30.5 Å². The number of nitrogens with two attached hydrogens (primary N) is 2. The minimum absolute atomic E-state index is 0.00538. The highest BCUT2D eigenvalue weighted by Crippen LogP contribution is 2.18. The summed E-state index contributed by atoms with van der Waals surface area (Å²) >= 11 is 0. The highest BCUT2D eigenvalue weighted by molar-refractivity contribution is 6.03. The smallest absolute Gasteiger partial charge is 0.339 e. The molecule has 0 aliphatic heterocycles. The van der Waals surface area contributed by atoms with Gasteiger partial charge in [-0.05, 0) is 25.0 Å². The molecule has 10 nitrogen and oxygen atoms in total. The Labute approximate surface area is 148 Å². The molecule has 0 aromatic heterocycles. The van der Waals surface area contributed by atoms with E-state index in [1.165, 1.54) is 12.1 Å². The van der Waals surface area contributed by atoms with Crippen molar-refractivity contribution in [2.75, 3.05) is 5.73 Å². The third kappa shape index (κ3) is 5.83. The Kier molecular flexibility index (Phi) is 7.23. The number of carbonyl (C=O) groups excluding carboxylic acids is 1. The minimum Gasteiger partial charge on any atom is -0.481 e. The molecule has 0 aliphatic carbocycles. The van der Waals surface area contributed by atoms with Gasteiger partial charge in [-0.15, -0.1) is 0 Å². The fourth-order valence-electron chi connectivity index (χ4n) is 2.31. The molecule has 142 valence electrons. The van der Waals surface area contributed by atoms with Gasteiger partial charge in [-0.1, -0.05) is 12.1 Å². The van der Waals surface area contributed by atoms with Crippen molar-refractivity contribution in [1.82, 2.24) is 5.32 Å². The van der Waals surface area contributed by atoms with E-state index in [1.54, 1.807) is 12.1 Å². The molecule has 0 radical (unpaired) electrons. The van der Waals surface area contributed by atoms with Gasteiger partial charge in [0.2, 0.25) is 0 Å². The van der Waals surface area contributed by atoms with Crippen LogP contribution in [0.3, 0.4) is 0 Å². The lowest BCUT2D eigenvalue weighted by molar-refractivity contribution is -0.147. The van der Waals surface area contributed by atoms with Gasteiger partial charge in [-0.25, -0.2) is 4.79 Å². The van der Waals surface area contributed by atoms with Crippen molar-refractivity contribution in [3.63, 3.8) is 0 Å². The lowest BCUT2D eigenvalue weighted by Gasteiger charge is -2.29. The SMILES string of the molecule is Nc1ccccc1C(=O)C[C@](N)(NC(CCCC(=O)O)C(=O)O)C(=O)O. The number of anilines is 1. The first-order valence-corrected chi connectivity index (χ1v) is 7.69. The minimum atomic E-state index is -2.36. The second-order valence-electron chi connectivity index (χ2n) is 5.78. The van der Waals surface area contributed by atoms with Gasteiger partial charge >= 0.3 is 17.9 Å². The number of hydrogen-bond donors (Lipinski definition) is 6. The van der Waals surface area contributed by atoms with Crippen molar-refractivity contribution in [3.05, 3.63) is 29.8 Å². The highest BCUT2D eigenvalue weighted by atomic mass is 16.4. The van der Waals surface area contributed by atoms with Crippen molar-refractivity contribution < 1.29 is 34.5 Å². The topological polar surface area (TPSA) is 193 Å². The molecule has 1 aromatic carbocycles. The van der Waals surface area contributed by atoms with Crippen LogP contribution in [-0.4, -0.2) is 50.7 Å². The van der Waals surface area contributed by atoms with Gasteiger partial charge < -0.3 is 26.8 Å². The quantitative estimate of drug-likeness (QED) is 0.174. The number of rotatable bonds is 11. The summed E-state index contributed by atoms with van der Waals surface area (Å²) in [6, 6.07) is 4.58. The Balaban J connectivity index is 2.94. The molecule has 10 heteroatoms. The molecule has 0 bridgehead atoms. The Morgan fingerprint density at radius 1 is 1.12 bits per heavy atom. The van der Waals surface area contributed by atoms with E-state index in [0.29, 0.717) is 0 Å². The van der Waals surface area contributed by atoms with Crippen LogP contribution in [-0.2, 0) is 14.4 Å². The van der Waals surface area contributed by atoms with E-state index in [1.807, 2.05) is 0 Å². The molecule has 0 heterocycles. The first-order chi connectivity index (χ1) is 12.1. The molecule has 0 aliphatic rings. The van der Waals surface area contributed by atoms with Gasteiger partial charge in [0.1, 0.15) is 6.04 Å². The van der Waals surface area contributed by atoms with Crippen LogP contribution in [0.2, 0.25) is 0 Å². The number of aliphatic carboxylic acids is 3. The fourth-order valence-corrected chi connectivity index (χ4v) is 2.31. The van der Waals surface area contributed by atoms with E-state index < -0.39 is 41.8 Å². The van der Waals surface area contributed by atoms with Gasteiger partial charge in [0, 0.05) is 17.7 Å². The Hall–Kier alpha value is -2.98. The number of Topliss-reactive ketones (excluding diaryl/α,β-unsaturated/α-hetero) is 1. The van der Waals surface area contributed by atoms with Crippen LogP contribution in [0.1, 0.15) is 36.0 Å². The molecule has 0 amide bonds. The van der Waals surface area contributed by atoms with E-state index >= 15 is 0 Å². The zero-order chi connectivity index (χ0) is 19.9. The number of nitrogens with one attached hydrogen (secondary N) is 1. The maximum atomic E-state index is 12.4. The van der Waals surface area contributed by atoms with Gasteiger partial charge in [0.15, 0.2) is 11.4 Å². The summed E-state index contributed by atoms with van der Waals surface area (Å²) in [4.78, 5) is 45.8. The average Bonchev–Trinajstić information content (AvgIpc) is 2.53. The molecule has 0 spiro atoms. The normalized spacial score (nSPS) is 14.2. The summed E-state index contributed by atoms with van der Waals surface area (Å²) in [5, 5.41) is 29.5. The monoisotopic (exact) mass is 367 g/mol. The zero-order valence-electron chi connectivity index (χ0n) is 13.8. The molecular weight excluding hydrogens is 346 g/mol. The molecule has 0 saturated carbocycles. The van der Waals surface area contributed by atoms with Crippen LogP contribution in [0.5, 0.6) is 0 Å². The molecule has 1 unspecified atom stereocenters. The lowest BCUT2D eigenvalue weighted by atomic mass is 9.96. The van der Waals surface area contributed by atoms with Gasteiger partial charge in [-0.3, -0.25) is 19.7 Å². The van der Waals surface area contributed by atoms with Crippen LogP contribution >= 0.6 is 0 Å². The molecule has 1 aromatic rings. The van der Waals surface area contributed by atoms with Crippen molar-refractivity contribution in [1.29, 1.82) is 0 Å². The number of nitrogen functional groups attached to an aromatic ring is 1. The molecular formula is C16H21N3O7. The maximum Gasteiger partial charge on any atom is 0.339 e. The van der Waals surface area contributed by atoms with Crippen molar-refractivity contribution >= 4 is 29.4 Å². The summed E-state index contributed by atoms with van der Waals surface area (Å²) in [7, 11) is 0. The van der Waals surface area contributed by atoms with E-state index in [4.69, 9.17) is 16.6 Å². The number of ketones is 1. The zero-order valence-corrected chi connectivity index (χ0v) is 13.8. The number of carboxylic acid groups (broad SMARTS) is 3. The summed E-state index contributed by atoms with van der Waals surface area (Å²) in [5.74, 6) is -4.81. The van der Waals surface area contributed by atoms with Gasteiger partial charge in [-0.2, -0.15) is 0 Å². The Morgan fingerprint density at radius 3 is 2.23 bits per heavy atom. The van der Waals surface area contributed by atoms with Crippen molar-refractivity contribution in [2.24, 2.45) is 5.73 Å². The summed E-state index contributed by atoms with van der Waals surface area (Å²) in [6.45, 7) is 0. The van der Waals surface area contributed by atoms with Crippen molar-refractivity contribution in [3.8, 4) is 0 Å². The number of carbonyl (C=O) groups is 4. The maximum absolute atomic E-state index is 12.4. The molecule has 1 rings (SSSR count). The number of hydrogen-bond acceptors (Lipinski definition) is 7. The van der Waals surface area contributed by atoms with Crippen LogP contribution in [0.4, 0.5) is 5.69 Å². The van der Waals surface area contributed by atoms with Crippen LogP contribution < -0.4 is 16.8 Å². The standard InChI is InChI=1S/C16H21N3O7/c17-10-5-2-1-4-9(10)12(20)8-16(18,15(25)26)19-11(14(23)24)6-3-7-13(21)22/h1-2,4-5,11,19H,3,6-8,17-18H2,(H,21,22)(H,23,24)(H,25,26)/t11?,16-/m0/s1. The van der Waals surface area contributed by atoms with E-state index in [2.05, 4.69) is 5.32 Å². The predicted octanol–water partition coefficient (Wildman–Crippen LogP) is -0.121. The average molecular weight is 367 g/mol. The summed E-state index contributed by atoms with van der Waals surface area (Å²) in [6.07, 6.45) is -1.20. The summed E-state index contributed by atoms with van der Waals surface area (Å²) in [5.41, 5.74) is 9.29. The molecule has 2 atom stereocenters. The Bertz CT molecular complexity index is 707. The molecule has 0 saturated heterocycles. The van der Waals surface area contributed by atoms with Gasteiger partial charge in [0.05, 0.1) is 6.42 Å². The fraction of sp³-hybridized carbons (Fsp3) is 0.375. The highest BCUT2D eigenvalue weighted by Gasteiger charge is 2.40. The Morgan fingerprint density at radius 2 is 1.73 bits per heavy atom. The van der Waals surface area contributed by atoms with Crippen LogP contribution in [0.25, 0.3) is 0 Å². The summed E-state index contributed by atoms with van der Waals surface area (Å²) < 4.78 is 0. The van der Waals surface area contributed by atoms with E-state index in [0.717, 1.165) is 0 Å².